The van der Waals surface area contributed by atoms with Crippen LogP contribution < -0.4 is 0 Å². The third-order valence-corrected chi connectivity index (χ3v) is 4.87. The van der Waals surface area contributed by atoms with Crippen molar-refractivity contribution in [2.75, 3.05) is 6.61 Å². The van der Waals surface area contributed by atoms with Crippen LogP contribution in [0.25, 0.3) is 0 Å². The molecule has 0 aromatic rings. The van der Waals surface area contributed by atoms with Gasteiger partial charge in [-0.3, -0.25) is 0 Å². The SMILES string of the molecule is CCCCC[C@H](O)/C=C/[C@@H]1[C@@H](C/C=C\CCCCO)CC[C@H]1O. The monoisotopic (exact) mass is 324 g/mol. The van der Waals surface area contributed by atoms with Gasteiger partial charge in [-0.25, -0.2) is 0 Å². The molecule has 1 saturated carbocycles. The van der Waals surface area contributed by atoms with Crippen molar-refractivity contribution >= 4 is 0 Å². The molecule has 1 rings (SSSR count). The number of aliphatic hydroxyl groups is 3. The fraction of sp³-hybridized carbons (Fsp3) is 0.800. The number of rotatable bonds is 12. The molecule has 0 spiro atoms. The molecule has 0 unspecified atom stereocenters. The van der Waals surface area contributed by atoms with E-state index in [1.165, 1.54) is 12.8 Å². The maximum atomic E-state index is 10.2. The second-order valence-electron chi connectivity index (χ2n) is 6.86. The molecule has 0 amide bonds. The molecule has 0 aromatic carbocycles. The highest BCUT2D eigenvalue weighted by Crippen LogP contribution is 2.36. The molecule has 0 bridgehead atoms. The molecular formula is C20H36O3. The summed E-state index contributed by atoms with van der Waals surface area (Å²) >= 11 is 0. The van der Waals surface area contributed by atoms with Gasteiger partial charge in [-0.15, -0.1) is 0 Å². The van der Waals surface area contributed by atoms with Crippen molar-refractivity contribution < 1.29 is 15.3 Å². The van der Waals surface area contributed by atoms with E-state index in [9.17, 15) is 10.2 Å². The first-order valence-electron chi connectivity index (χ1n) is 9.49. The van der Waals surface area contributed by atoms with Crippen LogP contribution in [0.2, 0.25) is 0 Å². The lowest BCUT2D eigenvalue weighted by molar-refractivity contribution is 0.140. The quantitative estimate of drug-likeness (QED) is 0.376. The van der Waals surface area contributed by atoms with Gasteiger partial charge < -0.3 is 15.3 Å². The third kappa shape index (κ3) is 8.69. The first-order valence-corrected chi connectivity index (χ1v) is 9.49. The molecule has 4 atom stereocenters. The standard InChI is InChI=1S/C20H36O3/c1-2-3-7-11-18(22)13-14-19-17(12-15-20(19)23)10-8-5-4-6-9-16-21/h5,8,13-14,17-23H,2-4,6-7,9-12,15-16H2,1H3/b8-5-,14-13+/t17-,18-,19+,20+/m0/s1. The summed E-state index contributed by atoms with van der Waals surface area (Å²) in [4.78, 5) is 0. The Labute approximate surface area is 142 Å². The summed E-state index contributed by atoms with van der Waals surface area (Å²) in [5.74, 6) is 0.663. The van der Waals surface area contributed by atoms with E-state index in [1.807, 2.05) is 6.08 Å². The van der Waals surface area contributed by atoms with Crippen LogP contribution >= 0.6 is 0 Å². The largest absolute Gasteiger partial charge is 0.396 e. The van der Waals surface area contributed by atoms with E-state index in [2.05, 4.69) is 25.2 Å². The molecule has 1 aliphatic rings. The van der Waals surface area contributed by atoms with Crippen molar-refractivity contribution in [3.8, 4) is 0 Å². The molecule has 3 heteroatoms. The Balaban J connectivity index is 2.35. The zero-order valence-electron chi connectivity index (χ0n) is 14.7. The molecule has 3 N–H and O–H groups in total. The zero-order valence-corrected chi connectivity index (χ0v) is 14.7. The Hall–Kier alpha value is -0.640. The van der Waals surface area contributed by atoms with E-state index >= 15 is 0 Å². The number of hydrogen-bond acceptors (Lipinski definition) is 3. The molecule has 1 fully saturated rings. The Kier molecular flexibility index (Phi) is 11.3. The van der Waals surface area contributed by atoms with Crippen LogP contribution in [0.3, 0.4) is 0 Å². The van der Waals surface area contributed by atoms with E-state index in [-0.39, 0.29) is 24.7 Å². The fourth-order valence-corrected chi connectivity index (χ4v) is 3.36. The lowest BCUT2D eigenvalue weighted by Gasteiger charge is -2.18. The van der Waals surface area contributed by atoms with Crippen molar-refractivity contribution in [3.63, 3.8) is 0 Å². The number of aliphatic hydroxyl groups excluding tert-OH is 3. The predicted octanol–water partition coefficient (Wildman–Crippen LogP) is 3.98. The normalized spacial score (nSPS) is 26.5. The lowest BCUT2D eigenvalue weighted by Crippen LogP contribution is -2.17. The van der Waals surface area contributed by atoms with E-state index in [0.29, 0.717) is 5.92 Å². The van der Waals surface area contributed by atoms with Crippen molar-refractivity contribution in [2.24, 2.45) is 11.8 Å². The molecule has 1 aliphatic carbocycles. The van der Waals surface area contributed by atoms with Crippen LogP contribution in [-0.4, -0.2) is 34.1 Å². The van der Waals surface area contributed by atoms with Gasteiger partial charge in [-0.2, -0.15) is 0 Å². The topological polar surface area (TPSA) is 60.7 Å². The minimum atomic E-state index is -0.371. The van der Waals surface area contributed by atoms with Gasteiger partial charge >= 0.3 is 0 Å². The summed E-state index contributed by atoms with van der Waals surface area (Å²) in [6.45, 7) is 2.44. The highest BCUT2D eigenvalue weighted by Gasteiger charge is 2.32. The average molecular weight is 325 g/mol. The van der Waals surface area contributed by atoms with Crippen LogP contribution in [0.5, 0.6) is 0 Å². The predicted molar refractivity (Wildman–Crippen MR) is 96.2 cm³/mol. The Morgan fingerprint density at radius 2 is 1.91 bits per heavy atom. The highest BCUT2D eigenvalue weighted by atomic mass is 16.3. The fourth-order valence-electron chi connectivity index (χ4n) is 3.36. The summed E-state index contributed by atoms with van der Waals surface area (Å²) in [5, 5.41) is 28.9. The average Bonchev–Trinajstić information content (AvgIpc) is 2.89. The van der Waals surface area contributed by atoms with Gasteiger partial charge in [0.05, 0.1) is 12.2 Å². The van der Waals surface area contributed by atoms with Crippen LogP contribution in [0.15, 0.2) is 24.3 Å². The molecule has 0 saturated heterocycles. The highest BCUT2D eigenvalue weighted by molar-refractivity contribution is 5.03. The molecule has 3 nitrogen and oxygen atoms in total. The Morgan fingerprint density at radius 3 is 2.65 bits per heavy atom. The third-order valence-electron chi connectivity index (χ3n) is 4.87. The summed E-state index contributed by atoms with van der Waals surface area (Å²) in [6, 6.07) is 0. The van der Waals surface area contributed by atoms with Gasteiger partial charge in [0.15, 0.2) is 0 Å². The van der Waals surface area contributed by atoms with E-state index < -0.39 is 0 Å². The van der Waals surface area contributed by atoms with E-state index in [0.717, 1.165) is 51.4 Å². The lowest BCUT2D eigenvalue weighted by atomic mass is 9.90. The van der Waals surface area contributed by atoms with Crippen LogP contribution in [0.4, 0.5) is 0 Å². The maximum absolute atomic E-state index is 10.2. The minimum Gasteiger partial charge on any atom is -0.396 e. The smallest absolute Gasteiger partial charge is 0.0721 e. The van der Waals surface area contributed by atoms with Crippen molar-refractivity contribution in [2.45, 2.75) is 83.3 Å². The number of unbranched alkanes of at least 4 members (excludes halogenated alkanes) is 4. The van der Waals surface area contributed by atoms with Gasteiger partial charge in [-0.05, 0) is 50.9 Å². The first kappa shape index (κ1) is 20.4. The van der Waals surface area contributed by atoms with E-state index in [1.54, 1.807) is 0 Å². The molecule has 0 aliphatic heterocycles. The summed E-state index contributed by atoms with van der Waals surface area (Å²) in [6.07, 6.45) is 17.8. The molecule has 23 heavy (non-hydrogen) atoms. The van der Waals surface area contributed by atoms with Gasteiger partial charge in [0.2, 0.25) is 0 Å². The van der Waals surface area contributed by atoms with Crippen LogP contribution in [0.1, 0.15) is 71.1 Å². The van der Waals surface area contributed by atoms with Gasteiger partial charge in [0.1, 0.15) is 0 Å². The van der Waals surface area contributed by atoms with Crippen LogP contribution in [-0.2, 0) is 0 Å². The Bertz CT molecular complexity index is 338. The van der Waals surface area contributed by atoms with Gasteiger partial charge in [0, 0.05) is 12.5 Å². The van der Waals surface area contributed by atoms with Crippen molar-refractivity contribution in [1.82, 2.24) is 0 Å². The van der Waals surface area contributed by atoms with Crippen LogP contribution in [0, 0.1) is 11.8 Å². The molecule has 0 radical (unpaired) electrons. The maximum Gasteiger partial charge on any atom is 0.0721 e. The number of hydrogen-bond donors (Lipinski definition) is 3. The zero-order chi connectivity index (χ0) is 16.9. The summed E-state index contributed by atoms with van der Waals surface area (Å²) in [5.41, 5.74) is 0. The van der Waals surface area contributed by atoms with Gasteiger partial charge in [0.25, 0.3) is 0 Å². The second-order valence-corrected chi connectivity index (χ2v) is 6.86. The molecule has 0 aromatic heterocycles. The van der Waals surface area contributed by atoms with Gasteiger partial charge in [-0.1, -0.05) is 50.5 Å². The first-order chi connectivity index (χ1) is 11.2. The molecular weight excluding hydrogens is 288 g/mol. The molecule has 134 valence electrons. The minimum absolute atomic E-state index is 0.179. The summed E-state index contributed by atoms with van der Waals surface area (Å²) < 4.78 is 0. The van der Waals surface area contributed by atoms with Crippen molar-refractivity contribution in [1.29, 1.82) is 0 Å². The number of allylic oxidation sites excluding steroid dienone is 2. The second kappa shape index (κ2) is 12.7. The van der Waals surface area contributed by atoms with E-state index in [4.69, 9.17) is 5.11 Å². The van der Waals surface area contributed by atoms with Crippen molar-refractivity contribution in [3.05, 3.63) is 24.3 Å². The Morgan fingerprint density at radius 1 is 1.09 bits per heavy atom. The summed E-state index contributed by atoms with van der Waals surface area (Å²) in [7, 11) is 0. The molecule has 0 heterocycles.